The number of likely N-dealkylation sites (tertiary alicyclic amines) is 1. The van der Waals surface area contributed by atoms with Crippen molar-refractivity contribution in [2.75, 3.05) is 25.0 Å². The Bertz CT molecular complexity index is 1180. The molecule has 3 aromatic rings. The predicted octanol–water partition coefficient (Wildman–Crippen LogP) is 2.70. The Balaban J connectivity index is 1.22. The van der Waals surface area contributed by atoms with Gasteiger partial charge in [-0.1, -0.05) is 0 Å². The van der Waals surface area contributed by atoms with Crippen LogP contribution < -0.4 is 10.1 Å². The van der Waals surface area contributed by atoms with Gasteiger partial charge in [0.1, 0.15) is 5.75 Å². The van der Waals surface area contributed by atoms with Gasteiger partial charge in [0, 0.05) is 36.7 Å². The number of hydrogen-bond donors (Lipinski definition) is 1. The molecule has 0 radical (unpaired) electrons. The number of pyridine rings is 1. The SMILES string of the molecule is Cc1nn(C)c2ncc(CN3CCC(C(=O)c4ccc5c(c4)NC(=O)CO5)CC3)cc12. The van der Waals surface area contributed by atoms with Crippen molar-refractivity contribution in [1.29, 1.82) is 0 Å². The van der Waals surface area contributed by atoms with Gasteiger partial charge in [-0.3, -0.25) is 19.2 Å². The number of rotatable bonds is 4. The van der Waals surface area contributed by atoms with Crippen molar-refractivity contribution >= 4 is 28.4 Å². The van der Waals surface area contributed by atoms with E-state index in [1.54, 1.807) is 18.2 Å². The molecule has 0 saturated carbocycles. The van der Waals surface area contributed by atoms with Crippen LogP contribution in [0, 0.1) is 12.8 Å². The number of fused-ring (bicyclic) bond motifs is 2. The number of ether oxygens (including phenoxy) is 1. The van der Waals surface area contributed by atoms with E-state index in [9.17, 15) is 9.59 Å². The molecule has 5 rings (SSSR count). The minimum atomic E-state index is -0.195. The number of piperidine rings is 1. The molecule has 0 spiro atoms. The van der Waals surface area contributed by atoms with Gasteiger partial charge in [0.25, 0.3) is 5.91 Å². The van der Waals surface area contributed by atoms with Gasteiger partial charge in [-0.2, -0.15) is 5.10 Å². The fraction of sp³-hybridized carbons (Fsp3) is 0.391. The molecule has 1 saturated heterocycles. The molecule has 8 nitrogen and oxygen atoms in total. The minimum Gasteiger partial charge on any atom is -0.482 e. The van der Waals surface area contributed by atoms with Crippen LogP contribution in [0.3, 0.4) is 0 Å². The van der Waals surface area contributed by atoms with E-state index in [1.807, 2.05) is 24.9 Å². The number of Topliss-reactive ketones (excluding diaryl/α,β-unsaturated/α-hetero) is 1. The molecule has 0 aliphatic carbocycles. The quantitative estimate of drug-likeness (QED) is 0.654. The molecule has 4 heterocycles. The van der Waals surface area contributed by atoms with Crippen LogP contribution in [0.2, 0.25) is 0 Å². The van der Waals surface area contributed by atoms with Crippen LogP contribution in [-0.4, -0.2) is 51.1 Å². The third-order valence-electron chi connectivity index (χ3n) is 6.18. The zero-order valence-corrected chi connectivity index (χ0v) is 17.7. The van der Waals surface area contributed by atoms with E-state index in [0.29, 0.717) is 17.0 Å². The first kappa shape index (κ1) is 19.7. The van der Waals surface area contributed by atoms with Gasteiger partial charge >= 0.3 is 0 Å². The van der Waals surface area contributed by atoms with Crippen molar-refractivity contribution < 1.29 is 14.3 Å². The van der Waals surface area contributed by atoms with E-state index in [2.05, 4.69) is 26.4 Å². The monoisotopic (exact) mass is 419 g/mol. The Kier molecular flexibility index (Phi) is 4.94. The molecule has 2 aliphatic heterocycles. The fourth-order valence-electron chi connectivity index (χ4n) is 4.52. The molecule has 160 valence electrons. The molecule has 0 atom stereocenters. The van der Waals surface area contributed by atoms with Gasteiger partial charge in [-0.05, 0) is 62.7 Å². The third-order valence-corrected chi connectivity index (χ3v) is 6.18. The van der Waals surface area contributed by atoms with Crippen LogP contribution in [0.1, 0.15) is 34.5 Å². The van der Waals surface area contributed by atoms with Crippen LogP contribution in [0.25, 0.3) is 11.0 Å². The van der Waals surface area contributed by atoms with Gasteiger partial charge < -0.3 is 10.1 Å². The lowest BCUT2D eigenvalue weighted by Crippen LogP contribution is -2.36. The lowest BCUT2D eigenvalue weighted by atomic mass is 9.88. The molecule has 1 amide bonds. The summed E-state index contributed by atoms with van der Waals surface area (Å²) in [5.74, 6) is 0.548. The number of nitrogens with zero attached hydrogens (tertiary/aromatic N) is 4. The number of carbonyl (C=O) groups is 2. The smallest absolute Gasteiger partial charge is 0.262 e. The highest BCUT2D eigenvalue weighted by atomic mass is 16.5. The summed E-state index contributed by atoms with van der Waals surface area (Å²) in [5, 5.41) is 8.30. The summed E-state index contributed by atoms with van der Waals surface area (Å²) in [6.07, 6.45) is 3.56. The summed E-state index contributed by atoms with van der Waals surface area (Å²) in [5.41, 5.74) is 4.26. The zero-order valence-electron chi connectivity index (χ0n) is 17.7. The van der Waals surface area contributed by atoms with Gasteiger partial charge in [-0.25, -0.2) is 4.98 Å². The number of hydrogen-bond acceptors (Lipinski definition) is 6. The molecular formula is C23H25N5O3. The Morgan fingerprint density at radius 1 is 1.26 bits per heavy atom. The van der Waals surface area contributed by atoms with Crippen molar-refractivity contribution in [2.24, 2.45) is 13.0 Å². The Labute approximate surface area is 180 Å². The highest BCUT2D eigenvalue weighted by Crippen LogP contribution is 2.31. The number of nitrogens with one attached hydrogen (secondary N) is 1. The maximum Gasteiger partial charge on any atom is 0.262 e. The average Bonchev–Trinajstić information content (AvgIpc) is 3.06. The van der Waals surface area contributed by atoms with Gasteiger partial charge in [0.05, 0.1) is 11.4 Å². The average molecular weight is 419 g/mol. The molecule has 8 heteroatoms. The summed E-state index contributed by atoms with van der Waals surface area (Å²) < 4.78 is 7.19. The van der Waals surface area contributed by atoms with E-state index in [0.717, 1.165) is 49.2 Å². The first-order chi connectivity index (χ1) is 15.0. The third kappa shape index (κ3) is 3.79. The maximum atomic E-state index is 13.0. The summed E-state index contributed by atoms with van der Waals surface area (Å²) >= 11 is 0. The number of aryl methyl sites for hydroxylation is 2. The van der Waals surface area contributed by atoms with Crippen molar-refractivity contribution in [3.63, 3.8) is 0 Å². The van der Waals surface area contributed by atoms with E-state index in [4.69, 9.17) is 4.74 Å². The fourth-order valence-corrected chi connectivity index (χ4v) is 4.52. The normalized spacial score (nSPS) is 17.3. The number of benzene rings is 1. The Morgan fingerprint density at radius 2 is 2.06 bits per heavy atom. The van der Waals surface area contributed by atoms with Crippen molar-refractivity contribution in [1.82, 2.24) is 19.7 Å². The summed E-state index contributed by atoms with van der Waals surface area (Å²) in [6.45, 7) is 4.57. The van der Waals surface area contributed by atoms with Crippen LogP contribution in [0.5, 0.6) is 5.75 Å². The number of anilines is 1. The molecule has 1 fully saturated rings. The second-order valence-corrected chi connectivity index (χ2v) is 8.39. The molecule has 2 aromatic heterocycles. The highest BCUT2D eigenvalue weighted by Gasteiger charge is 2.27. The summed E-state index contributed by atoms with van der Waals surface area (Å²) in [4.78, 5) is 31.5. The lowest BCUT2D eigenvalue weighted by molar-refractivity contribution is -0.118. The molecule has 0 unspecified atom stereocenters. The van der Waals surface area contributed by atoms with E-state index < -0.39 is 0 Å². The largest absolute Gasteiger partial charge is 0.482 e. The van der Waals surface area contributed by atoms with Gasteiger partial charge in [0.2, 0.25) is 0 Å². The molecule has 31 heavy (non-hydrogen) atoms. The van der Waals surface area contributed by atoms with Crippen molar-refractivity contribution in [3.8, 4) is 5.75 Å². The number of carbonyl (C=O) groups excluding carboxylic acids is 2. The van der Waals surface area contributed by atoms with Crippen LogP contribution in [0.15, 0.2) is 30.5 Å². The Morgan fingerprint density at radius 3 is 2.87 bits per heavy atom. The maximum absolute atomic E-state index is 13.0. The topological polar surface area (TPSA) is 89.4 Å². The molecule has 0 bridgehead atoms. The first-order valence-electron chi connectivity index (χ1n) is 10.6. The van der Waals surface area contributed by atoms with E-state index in [-0.39, 0.29) is 24.2 Å². The van der Waals surface area contributed by atoms with Crippen molar-refractivity contribution in [2.45, 2.75) is 26.3 Å². The summed E-state index contributed by atoms with van der Waals surface area (Å²) in [7, 11) is 1.91. The second-order valence-electron chi connectivity index (χ2n) is 8.39. The predicted molar refractivity (Wildman–Crippen MR) is 116 cm³/mol. The van der Waals surface area contributed by atoms with Gasteiger partial charge in [0.15, 0.2) is 18.0 Å². The van der Waals surface area contributed by atoms with E-state index >= 15 is 0 Å². The van der Waals surface area contributed by atoms with Crippen LogP contribution >= 0.6 is 0 Å². The van der Waals surface area contributed by atoms with Crippen LogP contribution in [0.4, 0.5) is 5.69 Å². The first-order valence-corrected chi connectivity index (χ1v) is 10.6. The summed E-state index contributed by atoms with van der Waals surface area (Å²) in [6, 6.07) is 7.46. The van der Waals surface area contributed by atoms with Crippen molar-refractivity contribution in [3.05, 3.63) is 47.3 Å². The molecule has 2 aliphatic rings. The number of ketones is 1. The minimum absolute atomic E-state index is 0.00400. The zero-order chi connectivity index (χ0) is 21.5. The number of amides is 1. The highest BCUT2D eigenvalue weighted by molar-refractivity contribution is 6.01. The molecular weight excluding hydrogens is 394 g/mol. The number of aromatic nitrogens is 3. The van der Waals surface area contributed by atoms with Crippen LogP contribution in [-0.2, 0) is 18.4 Å². The lowest BCUT2D eigenvalue weighted by Gasteiger charge is -2.31. The molecule has 1 N–H and O–H groups in total. The van der Waals surface area contributed by atoms with Gasteiger partial charge in [-0.15, -0.1) is 0 Å². The Hall–Kier alpha value is -3.26. The van der Waals surface area contributed by atoms with E-state index in [1.165, 1.54) is 5.56 Å². The molecule has 1 aromatic carbocycles. The second kappa shape index (κ2) is 7.77. The standard InChI is InChI=1S/C23H25N5O3/c1-14-18-9-15(11-24-23(18)27(2)26-14)12-28-7-5-16(6-8-28)22(30)17-3-4-20-19(10-17)25-21(29)13-31-20/h3-4,9-11,16H,5-8,12-13H2,1-2H3,(H,25,29).